The third-order valence-electron chi connectivity index (χ3n) is 4.74. The number of benzene rings is 2. The van der Waals surface area contributed by atoms with E-state index in [0.29, 0.717) is 6.42 Å². The first-order valence-corrected chi connectivity index (χ1v) is 8.36. The largest absolute Gasteiger partial charge is 0.455 e. The van der Waals surface area contributed by atoms with Crippen LogP contribution in [0.1, 0.15) is 35.6 Å². The van der Waals surface area contributed by atoms with Crippen molar-refractivity contribution in [1.82, 2.24) is 0 Å². The van der Waals surface area contributed by atoms with Gasteiger partial charge < -0.3 is 9.47 Å². The van der Waals surface area contributed by atoms with Gasteiger partial charge in [0.1, 0.15) is 6.10 Å². The second-order valence-corrected chi connectivity index (χ2v) is 6.23. The predicted octanol–water partition coefficient (Wildman–Crippen LogP) is 4.71. The zero-order valence-corrected chi connectivity index (χ0v) is 14.3. The van der Waals surface area contributed by atoms with Gasteiger partial charge in [-0.1, -0.05) is 54.6 Å². The lowest BCUT2D eigenvalue weighted by Gasteiger charge is -2.35. The molecule has 0 aromatic heterocycles. The van der Waals surface area contributed by atoms with Crippen LogP contribution in [0.15, 0.2) is 54.6 Å². The number of alkyl halides is 3. The van der Waals surface area contributed by atoms with Crippen LogP contribution in [0.3, 0.4) is 0 Å². The van der Waals surface area contributed by atoms with E-state index >= 15 is 0 Å². The molecule has 1 aliphatic rings. The Hall–Kier alpha value is -2.34. The van der Waals surface area contributed by atoms with Crippen molar-refractivity contribution in [1.29, 1.82) is 0 Å². The summed E-state index contributed by atoms with van der Waals surface area (Å²) in [7, 11) is 0.872. The van der Waals surface area contributed by atoms with Crippen molar-refractivity contribution in [3.05, 3.63) is 71.3 Å². The van der Waals surface area contributed by atoms with E-state index in [4.69, 9.17) is 9.47 Å². The minimum Gasteiger partial charge on any atom is -0.455 e. The highest BCUT2D eigenvalue weighted by Gasteiger charge is 2.64. The van der Waals surface area contributed by atoms with Crippen molar-refractivity contribution in [2.75, 3.05) is 7.11 Å². The van der Waals surface area contributed by atoms with Gasteiger partial charge in [0.2, 0.25) is 0 Å². The van der Waals surface area contributed by atoms with E-state index in [0.717, 1.165) is 31.1 Å². The summed E-state index contributed by atoms with van der Waals surface area (Å²) in [6.07, 6.45) is -3.64. The maximum atomic E-state index is 13.9. The van der Waals surface area contributed by atoms with Crippen LogP contribution in [-0.4, -0.2) is 19.3 Å². The molecule has 0 unspecified atom stereocenters. The average Bonchev–Trinajstić information content (AvgIpc) is 2.63. The molecule has 138 valence electrons. The maximum absolute atomic E-state index is 13.9. The minimum absolute atomic E-state index is 0.302. The van der Waals surface area contributed by atoms with Gasteiger partial charge in [-0.2, -0.15) is 13.2 Å². The first-order valence-electron chi connectivity index (χ1n) is 8.36. The minimum atomic E-state index is -4.96. The van der Waals surface area contributed by atoms with Crippen molar-refractivity contribution in [2.45, 2.75) is 37.1 Å². The van der Waals surface area contributed by atoms with Gasteiger partial charge in [-0.05, 0) is 30.4 Å². The Labute approximate surface area is 149 Å². The highest BCUT2D eigenvalue weighted by Crippen LogP contribution is 2.44. The van der Waals surface area contributed by atoms with Crippen LogP contribution in [0.2, 0.25) is 0 Å². The van der Waals surface area contributed by atoms with E-state index in [1.54, 1.807) is 18.2 Å². The number of fused-ring (bicyclic) bond motifs is 1. The molecule has 0 radical (unpaired) electrons. The quantitative estimate of drug-likeness (QED) is 0.737. The molecular formula is C20H19F3O3. The highest BCUT2D eigenvalue weighted by molar-refractivity contribution is 5.83. The summed E-state index contributed by atoms with van der Waals surface area (Å²) < 4.78 is 52.0. The first kappa shape index (κ1) is 18.5. The Balaban J connectivity index is 1.98. The Morgan fingerprint density at radius 2 is 1.69 bits per heavy atom. The number of rotatable bonds is 4. The predicted molar refractivity (Wildman–Crippen MR) is 89.4 cm³/mol. The summed E-state index contributed by atoms with van der Waals surface area (Å²) in [5, 5.41) is 0. The summed E-state index contributed by atoms with van der Waals surface area (Å²) in [4.78, 5) is 12.8. The van der Waals surface area contributed by atoms with Crippen LogP contribution >= 0.6 is 0 Å². The van der Waals surface area contributed by atoms with Crippen LogP contribution in [0.4, 0.5) is 13.2 Å². The van der Waals surface area contributed by atoms with Crippen LogP contribution < -0.4 is 0 Å². The maximum Gasteiger partial charge on any atom is 0.432 e. The molecule has 0 saturated heterocycles. The van der Waals surface area contributed by atoms with Gasteiger partial charge in [0.25, 0.3) is 5.60 Å². The lowest BCUT2D eigenvalue weighted by atomic mass is 9.88. The van der Waals surface area contributed by atoms with Crippen molar-refractivity contribution >= 4 is 5.97 Å². The number of hydrogen-bond donors (Lipinski definition) is 0. The fourth-order valence-electron chi connectivity index (χ4n) is 3.43. The summed E-state index contributed by atoms with van der Waals surface area (Å²) >= 11 is 0. The number of carbonyl (C=O) groups excluding carboxylic acids is 1. The number of aryl methyl sites for hydroxylation is 1. The topological polar surface area (TPSA) is 35.5 Å². The van der Waals surface area contributed by atoms with Crippen molar-refractivity contribution in [2.24, 2.45) is 0 Å². The van der Waals surface area contributed by atoms with Gasteiger partial charge in [-0.15, -0.1) is 0 Å². The standard InChI is InChI=1S/C20H19F3O3/c1-25-19(20(21,22)23,15-10-3-2-4-11-15)18(24)26-17-13-7-9-14-8-5-6-12-16(14)17/h2-6,8,10-12,17H,7,9,13H2,1H3/t17-,19-/m0/s1. The molecule has 3 nitrogen and oxygen atoms in total. The molecule has 0 N–H and O–H groups in total. The molecule has 0 saturated carbocycles. The molecule has 0 fully saturated rings. The molecular weight excluding hydrogens is 345 g/mol. The average molecular weight is 364 g/mol. The number of esters is 1. The van der Waals surface area contributed by atoms with E-state index in [1.165, 1.54) is 24.3 Å². The third-order valence-corrected chi connectivity index (χ3v) is 4.74. The molecule has 2 aromatic carbocycles. The van der Waals surface area contributed by atoms with E-state index in [-0.39, 0.29) is 5.56 Å². The van der Waals surface area contributed by atoms with Crippen LogP contribution in [0.5, 0.6) is 0 Å². The smallest absolute Gasteiger partial charge is 0.432 e. The fourth-order valence-corrected chi connectivity index (χ4v) is 3.43. The normalized spacial score (nSPS) is 19.3. The number of methoxy groups -OCH3 is 1. The van der Waals surface area contributed by atoms with Crippen LogP contribution in [-0.2, 0) is 26.3 Å². The molecule has 0 amide bonds. The molecule has 0 aliphatic heterocycles. The molecule has 1 aliphatic carbocycles. The van der Waals surface area contributed by atoms with Gasteiger partial charge >= 0.3 is 12.1 Å². The lowest BCUT2D eigenvalue weighted by molar-refractivity contribution is -0.278. The van der Waals surface area contributed by atoms with Crippen molar-refractivity contribution < 1.29 is 27.4 Å². The van der Waals surface area contributed by atoms with Crippen molar-refractivity contribution in [3.8, 4) is 0 Å². The van der Waals surface area contributed by atoms with Gasteiger partial charge in [-0.3, -0.25) is 0 Å². The lowest BCUT2D eigenvalue weighted by Crippen LogP contribution is -2.52. The van der Waals surface area contributed by atoms with Gasteiger partial charge in [0.15, 0.2) is 0 Å². The monoisotopic (exact) mass is 364 g/mol. The van der Waals surface area contributed by atoms with Crippen molar-refractivity contribution in [3.63, 3.8) is 0 Å². The zero-order valence-electron chi connectivity index (χ0n) is 14.3. The Morgan fingerprint density at radius 3 is 2.35 bits per heavy atom. The summed E-state index contributed by atoms with van der Waals surface area (Å²) in [5.41, 5.74) is -1.71. The number of hydrogen-bond acceptors (Lipinski definition) is 3. The molecule has 3 rings (SSSR count). The van der Waals surface area contributed by atoms with E-state index < -0.39 is 23.9 Å². The first-order chi connectivity index (χ1) is 12.4. The number of halogens is 3. The second kappa shape index (κ2) is 7.11. The Bertz CT molecular complexity index is 773. The van der Waals surface area contributed by atoms with E-state index in [1.807, 2.05) is 12.1 Å². The molecule has 0 bridgehead atoms. The highest BCUT2D eigenvalue weighted by atomic mass is 19.4. The Kier molecular flexibility index (Phi) is 5.05. The van der Waals surface area contributed by atoms with Gasteiger partial charge in [-0.25, -0.2) is 4.79 Å². The summed E-state index contributed by atoms with van der Waals surface area (Å²) in [6.45, 7) is 0. The molecule has 6 heteroatoms. The summed E-state index contributed by atoms with van der Waals surface area (Å²) in [5.74, 6) is -1.44. The van der Waals surface area contributed by atoms with Crippen LogP contribution in [0, 0.1) is 0 Å². The van der Waals surface area contributed by atoms with E-state index in [2.05, 4.69) is 0 Å². The van der Waals surface area contributed by atoms with Crippen LogP contribution in [0.25, 0.3) is 0 Å². The molecule has 0 spiro atoms. The molecule has 0 heterocycles. The molecule has 26 heavy (non-hydrogen) atoms. The van der Waals surface area contributed by atoms with E-state index in [9.17, 15) is 18.0 Å². The SMILES string of the molecule is CO[C@](C(=O)O[C@H]1CCCc2ccccc21)(c1ccccc1)C(F)(F)F. The second-order valence-electron chi connectivity index (χ2n) is 6.23. The third kappa shape index (κ3) is 3.09. The summed E-state index contributed by atoms with van der Waals surface area (Å²) in [6, 6.07) is 14.2. The Morgan fingerprint density at radius 1 is 1.04 bits per heavy atom. The molecule has 2 atom stereocenters. The van der Waals surface area contributed by atoms with Gasteiger partial charge in [0.05, 0.1) is 0 Å². The molecule has 2 aromatic rings. The van der Waals surface area contributed by atoms with Gasteiger partial charge in [0, 0.05) is 12.7 Å². The number of carbonyl (C=O) groups is 1. The fraction of sp³-hybridized carbons (Fsp3) is 0.350. The number of ether oxygens (including phenoxy) is 2. The zero-order chi connectivity index (χ0) is 18.8.